The molecule has 1 atom stereocenters. The van der Waals surface area contributed by atoms with Crippen LogP contribution in [-0.4, -0.2) is 4.98 Å². The molecule has 1 unspecified atom stereocenters. The monoisotopic (exact) mass is 220 g/mol. The van der Waals surface area contributed by atoms with Crippen molar-refractivity contribution in [2.75, 3.05) is 0 Å². The van der Waals surface area contributed by atoms with Crippen molar-refractivity contribution in [3.63, 3.8) is 0 Å². The van der Waals surface area contributed by atoms with Gasteiger partial charge in [-0.3, -0.25) is 0 Å². The predicted octanol–water partition coefficient (Wildman–Crippen LogP) is 3.34. The van der Waals surface area contributed by atoms with E-state index in [4.69, 9.17) is 5.73 Å². The van der Waals surface area contributed by atoms with Gasteiger partial charge in [-0.25, -0.2) is 4.98 Å². The van der Waals surface area contributed by atoms with E-state index in [2.05, 4.69) is 24.9 Å². The Bertz CT molecular complexity index is 415. The fourth-order valence-electron chi connectivity index (χ4n) is 1.66. The highest BCUT2D eigenvalue weighted by Crippen LogP contribution is 2.27. The Balaban J connectivity index is 2.28. The van der Waals surface area contributed by atoms with Gasteiger partial charge in [0, 0.05) is 0 Å². The quantitative estimate of drug-likeness (QED) is 0.861. The van der Waals surface area contributed by atoms with E-state index in [9.17, 15) is 0 Å². The molecule has 1 heterocycles. The van der Waals surface area contributed by atoms with E-state index in [1.807, 2.05) is 18.2 Å². The highest BCUT2D eigenvalue weighted by Gasteiger charge is 2.12. The molecule has 80 valence electrons. The summed E-state index contributed by atoms with van der Waals surface area (Å²) in [7, 11) is 0. The number of benzene rings is 1. The van der Waals surface area contributed by atoms with Crippen LogP contribution >= 0.6 is 11.3 Å². The summed E-state index contributed by atoms with van der Waals surface area (Å²) in [5.41, 5.74) is 7.17. The number of para-hydroxylation sites is 1. The summed E-state index contributed by atoms with van der Waals surface area (Å²) in [4.78, 5) is 4.56. The first kappa shape index (κ1) is 10.6. The van der Waals surface area contributed by atoms with Crippen molar-refractivity contribution in [1.82, 2.24) is 4.98 Å². The summed E-state index contributed by atoms with van der Waals surface area (Å²) < 4.78 is 1.23. The van der Waals surface area contributed by atoms with Crippen LogP contribution in [0.2, 0.25) is 0 Å². The number of fused-ring (bicyclic) bond motifs is 1. The molecule has 15 heavy (non-hydrogen) atoms. The average Bonchev–Trinajstić information content (AvgIpc) is 2.59. The highest BCUT2D eigenvalue weighted by atomic mass is 32.1. The van der Waals surface area contributed by atoms with E-state index in [-0.39, 0.29) is 6.04 Å². The van der Waals surface area contributed by atoms with Crippen LogP contribution in [0.5, 0.6) is 0 Å². The maximum atomic E-state index is 6.11. The predicted molar refractivity (Wildman–Crippen MR) is 66.0 cm³/mol. The van der Waals surface area contributed by atoms with Crippen LogP contribution < -0.4 is 5.73 Å². The number of nitrogens with zero attached hydrogens (tertiary/aromatic N) is 1. The molecule has 0 aliphatic carbocycles. The van der Waals surface area contributed by atoms with Gasteiger partial charge in [0.25, 0.3) is 0 Å². The second-order valence-corrected chi connectivity index (χ2v) is 5.32. The van der Waals surface area contributed by atoms with E-state index in [0.717, 1.165) is 16.9 Å². The topological polar surface area (TPSA) is 38.9 Å². The minimum Gasteiger partial charge on any atom is -0.322 e. The molecule has 2 nitrogen and oxygen atoms in total. The van der Waals surface area contributed by atoms with Gasteiger partial charge >= 0.3 is 0 Å². The molecule has 0 saturated carbocycles. The number of nitrogens with two attached hydrogens (primary N) is 1. The summed E-state index contributed by atoms with van der Waals surface area (Å²) >= 11 is 1.71. The van der Waals surface area contributed by atoms with Gasteiger partial charge in [-0.1, -0.05) is 26.0 Å². The van der Waals surface area contributed by atoms with Crippen LogP contribution in [0.3, 0.4) is 0 Å². The Morgan fingerprint density at radius 1 is 1.33 bits per heavy atom. The Kier molecular flexibility index (Phi) is 3.03. The van der Waals surface area contributed by atoms with Crippen LogP contribution in [0.1, 0.15) is 31.3 Å². The lowest BCUT2D eigenvalue weighted by molar-refractivity contribution is 0.509. The molecular formula is C12H16N2S. The standard InChI is InChI=1S/C12H16N2S/c1-8(2)7-9(13)12-14-10-5-3-4-6-11(10)15-12/h3-6,8-9H,7,13H2,1-2H3. The van der Waals surface area contributed by atoms with E-state index >= 15 is 0 Å². The fourth-order valence-corrected chi connectivity index (χ4v) is 2.64. The number of hydrogen-bond acceptors (Lipinski definition) is 3. The Morgan fingerprint density at radius 2 is 2.07 bits per heavy atom. The second kappa shape index (κ2) is 4.29. The Hall–Kier alpha value is -0.930. The molecule has 2 rings (SSSR count). The molecule has 0 saturated heterocycles. The minimum absolute atomic E-state index is 0.0856. The molecule has 0 bridgehead atoms. The van der Waals surface area contributed by atoms with Gasteiger partial charge in [0.15, 0.2) is 0 Å². The average molecular weight is 220 g/mol. The molecule has 0 aliphatic rings. The number of thiazole rings is 1. The van der Waals surface area contributed by atoms with E-state index in [0.29, 0.717) is 5.92 Å². The van der Waals surface area contributed by atoms with Crippen molar-refractivity contribution < 1.29 is 0 Å². The summed E-state index contributed by atoms with van der Waals surface area (Å²) in [6.07, 6.45) is 1.000. The first-order valence-corrected chi connectivity index (χ1v) is 6.09. The van der Waals surface area contributed by atoms with Crippen LogP contribution in [0, 0.1) is 5.92 Å². The van der Waals surface area contributed by atoms with Crippen LogP contribution in [0.25, 0.3) is 10.2 Å². The Morgan fingerprint density at radius 3 is 2.73 bits per heavy atom. The smallest absolute Gasteiger partial charge is 0.111 e. The SMILES string of the molecule is CC(C)CC(N)c1nc2ccccc2s1. The highest BCUT2D eigenvalue weighted by molar-refractivity contribution is 7.18. The lowest BCUT2D eigenvalue weighted by atomic mass is 10.1. The minimum atomic E-state index is 0.0856. The lowest BCUT2D eigenvalue weighted by Crippen LogP contribution is -2.12. The third kappa shape index (κ3) is 2.36. The van der Waals surface area contributed by atoms with Gasteiger partial charge < -0.3 is 5.73 Å². The van der Waals surface area contributed by atoms with E-state index < -0.39 is 0 Å². The van der Waals surface area contributed by atoms with Crippen molar-refractivity contribution in [2.45, 2.75) is 26.3 Å². The molecule has 1 aromatic carbocycles. The number of aromatic nitrogens is 1. The van der Waals surface area contributed by atoms with E-state index in [1.165, 1.54) is 4.70 Å². The maximum Gasteiger partial charge on any atom is 0.111 e. The molecule has 2 N–H and O–H groups in total. The summed E-state index contributed by atoms with van der Waals surface area (Å²) in [5, 5.41) is 1.06. The van der Waals surface area contributed by atoms with Crippen molar-refractivity contribution in [3.8, 4) is 0 Å². The van der Waals surface area contributed by atoms with Gasteiger partial charge in [-0.15, -0.1) is 11.3 Å². The van der Waals surface area contributed by atoms with Crippen LogP contribution in [-0.2, 0) is 0 Å². The summed E-state index contributed by atoms with van der Waals surface area (Å²) in [6.45, 7) is 4.38. The molecule has 1 aromatic heterocycles. The van der Waals surface area contributed by atoms with Crippen molar-refractivity contribution in [3.05, 3.63) is 29.3 Å². The normalized spacial score (nSPS) is 13.6. The van der Waals surface area contributed by atoms with Crippen LogP contribution in [0.15, 0.2) is 24.3 Å². The molecule has 3 heteroatoms. The van der Waals surface area contributed by atoms with Gasteiger partial charge in [-0.2, -0.15) is 0 Å². The molecular weight excluding hydrogens is 204 g/mol. The third-order valence-corrected chi connectivity index (χ3v) is 3.52. The van der Waals surface area contributed by atoms with Gasteiger partial charge in [-0.05, 0) is 24.5 Å². The molecule has 0 spiro atoms. The van der Waals surface area contributed by atoms with Gasteiger partial charge in [0.1, 0.15) is 5.01 Å². The van der Waals surface area contributed by atoms with Crippen molar-refractivity contribution in [2.24, 2.45) is 11.7 Å². The summed E-state index contributed by atoms with van der Waals surface area (Å²) in [5.74, 6) is 0.618. The fraction of sp³-hybridized carbons (Fsp3) is 0.417. The van der Waals surface area contributed by atoms with Gasteiger partial charge in [0.2, 0.25) is 0 Å². The lowest BCUT2D eigenvalue weighted by Gasteiger charge is -2.10. The second-order valence-electron chi connectivity index (χ2n) is 4.26. The first-order valence-electron chi connectivity index (χ1n) is 5.28. The molecule has 0 amide bonds. The molecule has 0 radical (unpaired) electrons. The number of hydrogen-bond donors (Lipinski definition) is 1. The maximum absolute atomic E-state index is 6.11. The number of rotatable bonds is 3. The third-order valence-electron chi connectivity index (χ3n) is 2.35. The Labute approximate surface area is 94.1 Å². The summed E-state index contributed by atoms with van der Waals surface area (Å²) in [6, 6.07) is 8.27. The van der Waals surface area contributed by atoms with Crippen molar-refractivity contribution >= 4 is 21.6 Å². The van der Waals surface area contributed by atoms with E-state index in [1.54, 1.807) is 11.3 Å². The van der Waals surface area contributed by atoms with Crippen molar-refractivity contribution in [1.29, 1.82) is 0 Å². The molecule has 0 fully saturated rings. The zero-order valence-corrected chi connectivity index (χ0v) is 9.92. The molecule has 2 aromatic rings. The van der Waals surface area contributed by atoms with Gasteiger partial charge in [0.05, 0.1) is 16.3 Å². The van der Waals surface area contributed by atoms with Crippen LogP contribution in [0.4, 0.5) is 0 Å². The zero-order valence-electron chi connectivity index (χ0n) is 9.10. The molecule has 0 aliphatic heterocycles. The first-order chi connectivity index (χ1) is 7.16. The zero-order chi connectivity index (χ0) is 10.8. The largest absolute Gasteiger partial charge is 0.322 e.